The van der Waals surface area contributed by atoms with Crippen LogP contribution in [0.4, 0.5) is 0 Å². The van der Waals surface area contributed by atoms with E-state index in [1.165, 1.54) is 0 Å². The summed E-state index contributed by atoms with van der Waals surface area (Å²) in [5.41, 5.74) is 2.59. The largest absolute Gasteiger partial charge is 0.393 e. The first kappa shape index (κ1) is 13.4. The number of amides is 1. The second kappa shape index (κ2) is 5.40. The lowest BCUT2D eigenvalue weighted by molar-refractivity contribution is 0.0784. The SMILES string of the molecule is C=CCn1nc(C(=O)N2CCCC2)c2c1CCC(O)C2. The van der Waals surface area contributed by atoms with Gasteiger partial charge in [-0.05, 0) is 25.7 Å². The number of rotatable bonds is 3. The molecule has 1 aliphatic heterocycles. The summed E-state index contributed by atoms with van der Waals surface area (Å²) < 4.78 is 1.87. The average Bonchev–Trinajstić information content (AvgIpc) is 3.06. The number of likely N-dealkylation sites (tertiary alicyclic amines) is 1. The van der Waals surface area contributed by atoms with E-state index >= 15 is 0 Å². The fourth-order valence-electron chi connectivity index (χ4n) is 3.18. The lowest BCUT2D eigenvalue weighted by Crippen LogP contribution is -2.30. The number of aliphatic hydroxyl groups excluding tert-OH is 1. The maximum Gasteiger partial charge on any atom is 0.274 e. The Hall–Kier alpha value is -1.62. The maximum atomic E-state index is 12.6. The van der Waals surface area contributed by atoms with Crippen molar-refractivity contribution in [2.45, 2.75) is 44.8 Å². The topological polar surface area (TPSA) is 58.4 Å². The molecule has 1 amide bonds. The van der Waals surface area contributed by atoms with Crippen molar-refractivity contribution in [1.29, 1.82) is 0 Å². The predicted molar refractivity (Wildman–Crippen MR) is 75.6 cm³/mol. The molecule has 0 aromatic carbocycles. The van der Waals surface area contributed by atoms with Gasteiger partial charge < -0.3 is 10.0 Å². The van der Waals surface area contributed by atoms with Crippen LogP contribution >= 0.6 is 0 Å². The number of aliphatic hydroxyl groups is 1. The maximum absolute atomic E-state index is 12.6. The Morgan fingerprint density at radius 1 is 1.45 bits per heavy atom. The van der Waals surface area contributed by atoms with Gasteiger partial charge in [0.2, 0.25) is 0 Å². The molecule has 0 radical (unpaired) electrons. The molecule has 0 saturated carbocycles. The van der Waals surface area contributed by atoms with E-state index in [1.807, 2.05) is 9.58 Å². The van der Waals surface area contributed by atoms with Crippen LogP contribution in [0, 0.1) is 0 Å². The van der Waals surface area contributed by atoms with Crippen molar-refractivity contribution in [1.82, 2.24) is 14.7 Å². The average molecular weight is 275 g/mol. The molecule has 1 fully saturated rings. The third-order valence-corrected chi connectivity index (χ3v) is 4.22. The Morgan fingerprint density at radius 3 is 2.90 bits per heavy atom. The highest BCUT2D eigenvalue weighted by molar-refractivity contribution is 5.94. The van der Waals surface area contributed by atoms with Crippen LogP contribution in [0.5, 0.6) is 0 Å². The molecular formula is C15H21N3O2. The molecule has 108 valence electrons. The first-order valence-corrected chi connectivity index (χ1v) is 7.37. The summed E-state index contributed by atoms with van der Waals surface area (Å²) in [7, 11) is 0. The van der Waals surface area contributed by atoms with Crippen LogP contribution < -0.4 is 0 Å². The number of carbonyl (C=O) groups excluding carboxylic acids is 1. The number of allylic oxidation sites excluding steroid dienone is 1. The molecule has 5 heteroatoms. The van der Waals surface area contributed by atoms with Crippen LogP contribution in [0.25, 0.3) is 0 Å². The van der Waals surface area contributed by atoms with Gasteiger partial charge in [-0.3, -0.25) is 9.48 Å². The highest BCUT2D eigenvalue weighted by Gasteiger charge is 2.31. The minimum atomic E-state index is -0.353. The molecular weight excluding hydrogens is 254 g/mol. The molecule has 3 rings (SSSR count). The quantitative estimate of drug-likeness (QED) is 0.842. The highest BCUT2D eigenvalue weighted by Crippen LogP contribution is 2.26. The van der Waals surface area contributed by atoms with E-state index < -0.39 is 0 Å². The van der Waals surface area contributed by atoms with Gasteiger partial charge in [0.25, 0.3) is 5.91 Å². The van der Waals surface area contributed by atoms with Crippen LogP contribution in [0.15, 0.2) is 12.7 Å². The van der Waals surface area contributed by atoms with E-state index in [-0.39, 0.29) is 12.0 Å². The van der Waals surface area contributed by atoms with Crippen LogP contribution in [0.3, 0.4) is 0 Å². The van der Waals surface area contributed by atoms with Crippen LogP contribution in [0.1, 0.15) is 41.0 Å². The minimum absolute atomic E-state index is 0.0238. The summed E-state index contributed by atoms with van der Waals surface area (Å²) in [6.45, 7) is 6.01. The van der Waals surface area contributed by atoms with Crippen molar-refractivity contribution in [2.75, 3.05) is 13.1 Å². The first-order valence-electron chi connectivity index (χ1n) is 7.37. The van der Waals surface area contributed by atoms with Gasteiger partial charge in [0, 0.05) is 30.8 Å². The van der Waals surface area contributed by atoms with Crippen molar-refractivity contribution >= 4 is 5.91 Å². The smallest absolute Gasteiger partial charge is 0.274 e. The van der Waals surface area contributed by atoms with E-state index in [9.17, 15) is 9.90 Å². The molecule has 0 spiro atoms. The number of nitrogens with zero attached hydrogens (tertiary/aromatic N) is 3. The van der Waals surface area contributed by atoms with E-state index in [0.29, 0.717) is 18.7 Å². The summed E-state index contributed by atoms with van der Waals surface area (Å²) in [6, 6.07) is 0. The molecule has 20 heavy (non-hydrogen) atoms. The Bertz CT molecular complexity index is 529. The third-order valence-electron chi connectivity index (χ3n) is 4.22. The molecule has 1 atom stereocenters. The van der Waals surface area contributed by atoms with Gasteiger partial charge in [0.05, 0.1) is 12.6 Å². The molecule has 1 saturated heterocycles. The van der Waals surface area contributed by atoms with E-state index in [0.717, 1.165) is 50.0 Å². The normalized spacial score (nSPS) is 21.9. The number of fused-ring (bicyclic) bond motifs is 1. The van der Waals surface area contributed by atoms with Crippen molar-refractivity contribution in [3.05, 3.63) is 29.6 Å². The van der Waals surface area contributed by atoms with E-state index in [1.54, 1.807) is 6.08 Å². The van der Waals surface area contributed by atoms with Crippen molar-refractivity contribution in [3.63, 3.8) is 0 Å². The zero-order chi connectivity index (χ0) is 14.1. The van der Waals surface area contributed by atoms with Crippen molar-refractivity contribution in [2.24, 2.45) is 0 Å². The molecule has 1 N–H and O–H groups in total. The number of hydrogen-bond donors (Lipinski definition) is 1. The molecule has 5 nitrogen and oxygen atoms in total. The zero-order valence-corrected chi connectivity index (χ0v) is 11.7. The molecule has 2 heterocycles. The zero-order valence-electron chi connectivity index (χ0n) is 11.7. The third kappa shape index (κ3) is 2.26. The summed E-state index contributed by atoms with van der Waals surface area (Å²) in [5.74, 6) is 0.0238. The van der Waals surface area contributed by atoms with E-state index in [2.05, 4.69) is 11.7 Å². The minimum Gasteiger partial charge on any atom is -0.393 e. The summed E-state index contributed by atoms with van der Waals surface area (Å²) in [4.78, 5) is 14.5. The van der Waals surface area contributed by atoms with Gasteiger partial charge in [0.15, 0.2) is 5.69 Å². The van der Waals surface area contributed by atoms with Crippen molar-refractivity contribution < 1.29 is 9.90 Å². The number of hydrogen-bond acceptors (Lipinski definition) is 3. The van der Waals surface area contributed by atoms with E-state index in [4.69, 9.17) is 0 Å². The van der Waals surface area contributed by atoms with Crippen LogP contribution in [-0.4, -0.2) is 44.9 Å². The van der Waals surface area contributed by atoms with Crippen molar-refractivity contribution in [3.8, 4) is 0 Å². The second-order valence-electron chi connectivity index (χ2n) is 5.64. The fraction of sp³-hybridized carbons (Fsp3) is 0.600. The number of carbonyl (C=O) groups is 1. The molecule has 1 aliphatic carbocycles. The molecule has 1 aromatic rings. The molecule has 0 bridgehead atoms. The van der Waals surface area contributed by atoms with Crippen LogP contribution in [-0.2, 0) is 19.4 Å². The monoisotopic (exact) mass is 275 g/mol. The Labute approximate surface area is 118 Å². The van der Waals surface area contributed by atoms with Gasteiger partial charge in [-0.15, -0.1) is 6.58 Å². The fourth-order valence-corrected chi connectivity index (χ4v) is 3.18. The standard InChI is InChI=1S/C15H21N3O2/c1-2-7-18-13-6-5-11(19)10-12(13)14(16-18)15(20)17-8-3-4-9-17/h2,11,19H,1,3-10H2. The predicted octanol–water partition coefficient (Wildman–Crippen LogP) is 1.15. The summed E-state index contributed by atoms with van der Waals surface area (Å²) >= 11 is 0. The van der Waals surface area contributed by atoms with Gasteiger partial charge in [-0.2, -0.15) is 5.10 Å². The van der Waals surface area contributed by atoms with Gasteiger partial charge in [0.1, 0.15) is 0 Å². The molecule has 2 aliphatic rings. The lowest BCUT2D eigenvalue weighted by atomic mass is 9.93. The summed E-state index contributed by atoms with van der Waals surface area (Å²) in [6.07, 6.45) is 5.66. The summed E-state index contributed by atoms with van der Waals surface area (Å²) in [5, 5.41) is 14.4. The van der Waals surface area contributed by atoms with Gasteiger partial charge >= 0.3 is 0 Å². The Balaban J connectivity index is 1.97. The first-order chi connectivity index (χ1) is 9.70. The molecule has 1 aromatic heterocycles. The second-order valence-corrected chi connectivity index (χ2v) is 5.64. The number of aromatic nitrogens is 2. The molecule has 1 unspecified atom stereocenters. The lowest BCUT2D eigenvalue weighted by Gasteiger charge is -2.20. The van der Waals surface area contributed by atoms with Crippen LogP contribution in [0.2, 0.25) is 0 Å². The Morgan fingerprint density at radius 2 is 2.20 bits per heavy atom. The Kier molecular flexibility index (Phi) is 3.61. The highest BCUT2D eigenvalue weighted by atomic mass is 16.3. The van der Waals surface area contributed by atoms with Gasteiger partial charge in [-0.1, -0.05) is 6.08 Å². The van der Waals surface area contributed by atoms with Gasteiger partial charge in [-0.25, -0.2) is 0 Å².